The Morgan fingerprint density at radius 2 is 1.70 bits per heavy atom. The molecule has 0 radical (unpaired) electrons. The van der Waals surface area contributed by atoms with Gasteiger partial charge in [0.15, 0.2) is 6.67 Å². The Balaban J connectivity index is 1.70. The van der Waals surface area contributed by atoms with Crippen molar-refractivity contribution in [3.05, 3.63) is 99.8 Å². The van der Waals surface area contributed by atoms with Crippen LogP contribution in [0.25, 0.3) is 0 Å². The number of fused-ring (bicyclic) bond motifs is 6. The van der Waals surface area contributed by atoms with Crippen molar-refractivity contribution >= 4 is 11.4 Å². The molecule has 136 valence electrons. The van der Waals surface area contributed by atoms with Crippen molar-refractivity contribution < 1.29 is 0 Å². The molecular weight excluding hydrogens is 332 g/mol. The van der Waals surface area contributed by atoms with Gasteiger partial charge in [0.25, 0.3) is 0 Å². The van der Waals surface area contributed by atoms with Gasteiger partial charge in [-0.05, 0) is 44.0 Å². The molecule has 27 heavy (non-hydrogen) atoms. The average Bonchev–Trinajstić information content (AvgIpc) is 2.65. The number of quaternary nitrogens is 1. The highest BCUT2D eigenvalue weighted by atomic mass is 16.5. The van der Waals surface area contributed by atoms with E-state index in [0.29, 0.717) is 13.2 Å². The molecule has 2 bridgehead atoms. The van der Waals surface area contributed by atoms with Crippen LogP contribution in [0.1, 0.15) is 33.9 Å². The molecule has 0 N–H and O–H groups in total. The van der Waals surface area contributed by atoms with Gasteiger partial charge in [-0.25, -0.2) is 0 Å². The second kappa shape index (κ2) is 5.95. The number of hydroxylamine groups is 2. The number of anilines is 1. The van der Waals surface area contributed by atoms with Crippen molar-refractivity contribution in [2.75, 3.05) is 11.6 Å². The number of aryl methyl sites for hydroxylation is 2. The van der Waals surface area contributed by atoms with Gasteiger partial charge in [-0.1, -0.05) is 53.6 Å². The molecule has 0 aromatic heterocycles. The van der Waals surface area contributed by atoms with Crippen LogP contribution < -0.4 is 9.55 Å². The maximum absolute atomic E-state index is 13.9. The zero-order chi connectivity index (χ0) is 18.6. The average molecular weight is 356 g/mol. The summed E-state index contributed by atoms with van der Waals surface area (Å²) < 4.78 is -0.280. The minimum absolute atomic E-state index is 0.184. The smallest absolute Gasteiger partial charge is 0.159 e. The van der Waals surface area contributed by atoms with Crippen molar-refractivity contribution in [2.45, 2.75) is 32.9 Å². The van der Waals surface area contributed by atoms with Gasteiger partial charge in [-0.2, -0.15) is 0 Å². The second-order valence-electron chi connectivity index (χ2n) is 8.06. The molecule has 2 heterocycles. The van der Waals surface area contributed by atoms with Gasteiger partial charge in [0.1, 0.15) is 12.2 Å². The van der Waals surface area contributed by atoms with Crippen molar-refractivity contribution in [3.8, 4) is 0 Å². The Hall–Kier alpha value is -2.62. The van der Waals surface area contributed by atoms with Gasteiger partial charge in [0, 0.05) is 17.2 Å². The van der Waals surface area contributed by atoms with Crippen LogP contribution in [-0.2, 0) is 13.0 Å². The van der Waals surface area contributed by atoms with Crippen LogP contribution in [0.3, 0.4) is 0 Å². The lowest BCUT2D eigenvalue weighted by molar-refractivity contribution is 0.301. The second-order valence-corrected chi connectivity index (χ2v) is 8.06. The lowest BCUT2D eigenvalue weighted by Crippen LogP contribution is -2.59. The molecule has 3 aromatic rings. The van der Waals surface area contributed by atoms with E-state index in [1.807, 2.05) is 0 Å². The third-order valence-electron chi connectivity index (χ3n) is 5.98. The van der Waals surface area contributed by atoms with Gasteiger partial charge in [0.2, 0.25) is 0 Å². The molecule has 0 amide bonds. The van der Waals surface area contributed by atoms with E-state index in [2.05, 4.69) is 85.5 Å². The summed E-state index contributed by atoms with van der Waals surface area (Å²) in [6.45, 7) is 5.22. The van der Waals surface area contributed by atoms with Crippen molar-refractivity contribution in [2.24, 2.45) is 0 Å². The van der Waals surface area contributed by atoms with E-state index >= 15 is 0 Å². The summed E-state index contributed by atoms with van der Waals surface area (Å²) in [5, 5.41) is 13.9. The highest BCUT2D eigenvalue weighted by molar-refractivity contribution is 5.68. The van der Waals surface area contributed by atoms with E-state index in [-0.39, 0.29) is 10.7 Å². The third kappa shape index (κ3) is 2.66. The van der Waals surface area contributed by atoms with Crippen molar-refractivity contribution in [1.29, 1.82) is 0 Å². The molecule has 2 aliphatic rings. The highest BCUT2D eigenvalue weighted by Gasteiger charge is 2.43. The standard InChI is InChI=1S/C24H24N2O/c1-17-8-10-22-20(12-17)15-26(27)16-25(22)23(14-19-6-4-3-5-7-19)21-13-18(2)9-11-24(21)26/h3-13,23H,14-16H2,1-2H3. The molecule has 2 aliphatic heterocycles. The number of hydrogen-bond donors (Lipinski definition) is 0. The van der Waals surface area contributed by atoms with Crippen LogP contribution in [0.5, 0.6) is 0 Å². The van der Waals surface area contributed by atoms with E-state index in [0.717, 1.165) is 12.1 Å². The summed E-state index contributed by atoms with van der Waals surface area (Å²) in [6, 6.07) is 23.7. The first-order valence-electron chi connectivity index (χ1n) is 9.63. The fraction of sp³-hybridized carbons (Fsp3) is 0.250. The fourth-order valence-electron chi connectivity index (χ4n) is 4.73. The normalized spacial score (nSPS) is 22.9. The van der Waals surface area contributed by atoms with E-state index in [1.165, 1.54) is 33.5 Å². The molecule has 5 rings (SSSR count). The molecule has 0 saturated heterocycles. The number of rotatable bonds is 2. The summed E-state index contributed by atoms with van der Waals surface area (Å²) in [6.07, 6.45) is 0.907. The predicted octanol–water partition coefficient (Wildman–Crippen LogP) is 5.38. The highest BCUT2D eigenvalue weighted by Crippen LogP contribution is 2.48. The molecule has 3 aromatic carbocycles. The number of hydrogen-bond acceptors (Lipinski definition) is 2. The van der Waals surface area contributed by atoms with Crippen LogP contribution in [0.2, 0.25) is 0 Å². The summed E-state index contributed by atoms with van der Waals surface area (Å²) in [5.41, 5.74) is 8.24. The van der Waals surface area contributed by atoms with E-state index in [9.17, 15) is 5.21 Å². The molecule has 0 aliphatic carbocycles. The monoisotopic (exact) mass is 356 g/mol. The summed E-state index contributed by atoms with van der Waals surface area (Å²) >= 11 is 0. The Kier molecular flexibility index (Phi) is 3.64. The molecule has 0 fully saturated rings. The lowest BCUT2D eigenvalue weighted by atomic mass is 9.89. The van der Waals surface area contributed by atoms with E-state index < -0.39 is 0 Å². The zero-order valence-corrected chi connectivity index (χ0v) is 15.9. The minimum atomic E-state index is -0.280. The largest absolute Gasteiger partial charge is 0.626 e. The molecular formula is C24H24N2O. The van der Waals surface area contributed by atoms with Crippen molar-refractivity contribution in [3.63, 3.8) is 0 Å². The molecule has 3 nitrogen and oxygen atoms in total. The molecule has 0 spiro atoms. The maximum atomic E-state index is 13.9. The molecule has 2 unspecified atom stereocenters. The van der Waals surface area contributed by atoms with Gasteiger partial charge in [-0.15, -0.1) is 0 Å². The topological polar surface area (TPSA) is 26.3 Å². The van der Waals surface area contributed by atoms with Gasteiger partial charge >= 0.3 is 0 Å². The van der Waals surface area contributed by atoms with E-state index in [4.69, 9.17) is 0 Å². The summed E-state index contributed by atoms with van der Waals surface area (Å²) in [4.78, 5) is 2.35. The molecule has 2 atom stereocenters. The Morgan fingerprint density at radius 3 is 2.52 bits per heavy atom. The van der Waals surface area contributed by atoms with Gasteiger partial charge < -0.3 is 14.8 Å². The van der Waals surface area contributed by atoms with Gasteiger partial charge in [-0.3, -0.25) is 0 Å². The van der Waals surface area contributed by atoms with Crippen LogP contribution in [0.15, 0.2) is 66.7 Å². The van der Waals surface area contributed by atoms with Crippen LogP contribution in [-0.4, -0.2) is 6.67 Å². The first-order valence-corrected chi connectivity index (χ1v) is 9.63. The maximum Gasteiger partial charge on any atom is 0.159 e. The SMILES string of the molecule is Cc1ccc2c(c1)C[N+]1([O-])CN2C(Cc2ccccc2)c2cc(C)ccc21. The predicted molar refractivity (Wildman–Crippen MR) is 111 cm³/mol. The Labute approximate surface area is 160 Å². The summed E-state index contributed by atoms with van der Waals surface area (Å²) in [5.74, 6) is 0. The molecule has 0 saturated carbocycles. The van der Waals surface area contributed by atoms with E-state index in [1.54, 1.807) is 0 Å². The van der Waals surface area contributed by atoms with Crippen LogP contribution >= 0.6 is 0 Å². The first-order chi connectivity index (χ1) is 13.0. The summed E-state index contributed by atoms with van der Waals surface area (Å²) in [7, 11) is 0. The lowest BCUT2D eigenvalue weighted by Gasteiger charge is -2.56. The number of benzene rings is 3. The zero-order valence-electron chi connectivity index (χ0n) is 15.9. The van der Waals surface area contributed by atoms with Crippen LogP contribution in [0.4, 0.5) is 11.4 Å². The fourth-order valence-corrected chi connectivity index (χ4v) is 4.73. The first kappa shape index (κ1) is 16.5. The quantitative estimate of drug-likeness (QED) is 0.455. The Morgan fingerprint density at radius 1 is 0.963 bits per heavy atom. The number of nitrogens with zero attached hydrogens (tertiary/aromatic N) is 2. The van der Waals surface area contributed by atoms with Gasteiger partial charge in [0.05, 0.1) is 11.7 Å². The van der Waals surface area contributed by atoms with Crippen molar-refractivity contribution in [1.82, 2.24) is 4.65 Å². The minimum Gasteiger partial charge on any atom is -0.626 e. The molecule has 3 heteroatoms. The third-order valence-corrected chi connectivity index (χ3v) is 5.98. The van der Waals surface area contributed by atoms with Crippen LogP contribution in [0, 0.1) is 19.1 Å². The Bertz CT molecular complexity index is 1010.